The number of benzene rings is 2. The van der Waals surface area contributed by atoms with Crippen molar-refractivity contribution in [1.82, 2.24) is 10.6 Å². The number of nitrogens with one attached hydrogen (secondary N) is 2. The monoisotopic (exact) mass is 510 g/mol. The van der Waals surface area contributed by atoms with Crippen LogP contribution in [0.3, 0.4) is 0 Å². The molecule has 0 spiro atoms. The summed E-state index contributed by atoms with van der Waals surface area (Å²) in [5, 5.41) is 5.75. The number of rotatable bonds is 12. The molecule has 2 atom stereocenters. The Morgan fingerprint density at radius 3 is 1.30 bits per heavy atom. The van der Waals surface area contributed by atoms with E-state index in [0.29, 0.717) is 36.4 Å². The van der Waals surface area contributed by atoms with Crippen LogP contribution >= 0.6 is 0 Å². The van der Waals surface area contributed by atoms with Crippen LogP contribution in [0.5, 0.6) is 11.5 Å². The maximum absolute atomic E-state index is 12.2. The molecular weight excluding hydrogens is 464 g/mol. The molecule has 2 aromatic carbocycles. The van der Waals surface area contributed by atoms with Gasteiger partial charge in [0, 0.05) is 13.1 Å². The third kappa shape index (κ3) is 10.5. The van der Waals surface area contributed by atoms with Crippen LogP contribution in [-0.2, 0) is 0 Å². The summed E-state index contributed by atoms with van der Waals surface area (Å²) in [6.07, 6.45) is 4.27. The second-order valence-corrected chi connectivity index (χ2v) is 10.8. The van der Waals surface area contributed by atoms with Crippen molar-refractivity contribution in [2.45, 2.75) is 87.5 Å². The SMILES string of the molecule is Cc1cc(C)c(OC(=O)NCCCC(C)CC(C)CCCNC(=O)Oc2c(C)cc(C)cc2C)c(C)c1. The summed E-state index contributed by atoms with van der Waals surface area (Å²) in [6.45, 7) is 17.6. The standard InChI is InChI=1S/C31H46N2O4/c1-20(11-9-13-32-30(34)36-28-24(5)16-22(3)17-25(28)6)15-21(2)12-10-14-33-31(35)37-29-26(7)18-23(4)19-27(29)8/h16-21H,9-15H2,1-8H3,(H,32,34)(H,33,35). The van der Waals surface area contributed by atoms with E-state index in [2.05, 4.69) is 24.5 Å². The molecule has 6 nitrogen and oxygen atoms in total. The second-order valence-electron chi connectivity index (χ2n) is 10.8. The van der Waals surface area contributed by atoms with Crippen molar-refractivity contribution < 1.29 is 19.1 Å². The Morgan fingerprint density at radius 1 is 0.649 bits per heavy atom. The van der Waals surface area contributed by atoms with Gasteiger partial charge < -0.3 is 20.1 Å². The first-order valence-corrected chi connectivity index (χ1v) is 13.5. The summed E-state index contributed by atoms with van der Waals surface area (Å²) >= 11 is 0. The molecule has 2 rings (SSSR count). The number of ether oxygens (including phenoxy) is 2. The molecule has 0 saturated carbocycles. The fourth-order valence-electron chi connectivity index (χ4n) is 5.12. The van der Waals surface area contributed by atoms with Crippen LogP contribution in [0, 0.1) is 53.4 Å². The van der Waals surface area contributed by atoms with Crippen molar-refractivity contribution in [1.29, 1.82) is 0 Å². The molecule has 0 aliphatic carbocycles. The molecule has 2 aromatic rings. The van der Waals surface area contributed by atoms with Gasteiger partial charge in [-0.15, -0.1) is 0 Å². The fraction of sp³-hybridized carbons (Fsp3) is 0.548. The van der Waals surface area contributed by atoms with Crippen molar-refractivity contribution in [3.63, 3.8) is 0 Å². The third-order valence-electron chi connectivity index (χ3n) is 6.69. The van der Waals surface area contributed by atoms with Gasteiger partial charge >= 0.3 is 12.2 Å². The Bertz CT molecular complexity index is 934. The van der Waals surface area contributed by atoms with Gasteiger partial charge in [0.05, 0.1) is 0 Å². The van der Waals surface area contributed by atoms with Crippen LogP contribution in [0.15, 0.2) is 24.3 Å². The fourth-order valence-corrected chi connectivity index (χ4v) is 5.12. The molecule has 0 fully saturated rings. The van der Waals surface area contributed by atoms with Crippen LogP contribution in [-0.4, -0.2) is 25.3 Å². The molecule has 0 aliphatic heterocycles. The van der Waals surface area contributed by atoms with Crippen molar-refractivity contribution in [3.8, 4) is 11.5 Å². The minimum Gasteiger partial charge on any atom is -0.410 e. The second kappa shape index (κ2) is 14.7. The van der Waals surface area contributed by atoms with E-state index in [1.807, 2.05) is 65.8 Å². The zero-order valence-electron chi connectivity index (χ0n) is 24.0. The molecule has 0 radical (unpaired) electrons. The first kappa shape index (κ1) is 30.2. The van der Waals surface area contributed by atoms with Gasteiger partial charge in [-0.05, 0) is 108 Å². The number of hydrogen-bond donors (Lipinski definition) is 2. The summed E-state index contributed by atoms with van der Waals surface area (Å²) in [5.41, 5.74) is 6.20. The quantitative estimate of drug-likeness (QED) is 0.288. The highest BCUT2D eigenvalue weighted by molar-refractivity contribution is 5.72. The largest absolute Gasteiger partial charge is 0.412 e. The lowest BCUT2D eigenvalue weighted by Crippen LogP contribution is -2.28. The van der Waals surface area contributed by atoms with Crippen LogP contribution in [0.2, 0.25) is 0 Å². The third-order valence-corrected chi connectivity index (χ3v) is 6.69. The number of hydrogen-bond acceptors (Lipinski definition) is 4. The van der Waals surface area contributed by atoms with Crippen molar-refractivity contribution in [3.05, 3.63) is 57.6 Å². The zero-order valence-corrected chi connectivity index (χ0v) is 24.0. The zero-order chi connectivity index (χ0) is 27.5. The lowest BCUT2D eigenvalue weighted by atomic mass is 9.91. The van der Waals surface area contributed by atoms with E-state index in [-0.39, 0.29) is 0 Å². The summed E-state index contributed by atoms with van der Waals surface area (Å²) in [7, 11) is 0. The van der Waals surface area contributed by atoms with Gasteiger partial charge in [-0.1, -0.05) is 49.2 Å². The van der Waals surface area contributed by atoms with E-state index in [0.717, 1.165) is 65.5 Å². The first-order chi connectivity index (χ1) is 17.5. The summed E-state index contributed by atoms with van der Waals surface area (Å²) in [5.74, 6) is 2.43. The Hall–Kier alpha value is -3.02. The first-order valence-electron chi connectivity index (χ1n) is 13.5. The van der Waals surface area contributed by atoms with Crippen LogP contribution in [0.4, 0.5) is 9.59 Å². The Labute approximate surface area is 223 Å². The van der Waals surface area contributed by atoms with Gasteiger partial charge in [0.15, 0.2) is 0 Å². The minimum atomic E-state index is -0.394. The number of amides is 2. The van der Waals surface area contributed by atoms with Crippen LogP contribution in [0.25, 0.3) is 0 Å². The molecule has 0 saturated heterocycles. The molecule has 0 bridgehead atoms. The number of carbonyl (C=O) groups excluding carboxylic acids is 2. The van der Waals surface area contributed by atoms with Gasteiger partial charge in [-0.25, -0.2) is 9.59 Å². The van der Waals surface area contributed by atoms with Gasteiger partial charge in [-0.2, -0.15) is 0 Å². The molecule has 2 unspecified atom stereocenters. The van der Waals surface area contributed by atoms with Crippen LogP contribution in [0.1, 0.15) is 79.3 Å². The highest BCUT2D eigenvalue weighted by Crippen LogP contribution is 2.26. The van der Waals surface area contributed by atoms with Gasteiger partial charge in [-0.3, -0.25) is 0 Å². The van der Waals surface area contributed by atoms with E-state index in [1.54, 1.807) is 0 Å². The van der Waals surface area contributed by atoms with E-state index < -0.39 is 12.2 Å². The van der Waals surface area contributed by atoms with Gasteiger partial charge in [0.2, 0.25) is 0 Å². The van der Waals surface area contributed by atoms with E-state index in [1.165, 1.54) is 0 Å². The van der Waals surface area contributed by atoms with Gasteiger partial charge in [0.1, 0.15) is 11.5 Å². The molecule has 0 aromatic heterocycles. The predicted octanol–water partition coefficient (Wildman–Crippen LogP) is 7.64. The lowest BCUT2D eigenvalue weighted by Gasteiger charge is -2.18. The van der Waals surface area contributed by atoms with Crippen molar-refractivity contribution in [2.24, 2.45) is 11.8 Å². The highest BCUT2D eigenvalue weighted by Gasteiger charge is 2.13. The molecule has 6 heteroatoms. The Balaban J connectivity index is 1.58. The van der Waals surface area contributed by atoms with E-state index in [4.69, 9.17) is 9.47 Å². The Morgan fingerprint density at radius 2 is 0.973 bits per heavy atom. The average Bonchev–Trinajstić information content (AvgIpc) is 2.79. The van der Waals surface area contributed by atoms with E-state index in [9.17, 15) is 9.59 Å². The number of carbonyl (C=O) groups is 2. The molecule has 37 heavy (non-hydrogen) atoms. The maximum atomic E-state index is 12.2. The van der Waals surface area contributed by atoms with Crippen LogP contribution < -0.4 is 20.1 Å². The molecule has 2 N–H and O–H groups in total. The van der Waals surface area contributed by atoms with Crippen molar-refractivity contribution in [2.75, 3.05) is 13.1 Å². The highest BCUT2D eigenvalue weighted by atomic mass is 16.6. The summed E-state index contributed by atoms with van der Waals surface area (Å²) < 4.78 is 11.1. The van der Waals surface area contributed by atoms with Gasteiger partial charge in [0.25, 0.3) is 0 Å². The summed E-state index contributed by atoms with van der Waals surface area (Å²) in [4.78, 5) is 24.4. The van der Waals surface area contributed by atoms with E-state index >= 15 is 0 Å². The molecular formula is C31H46N2O4. The summed E-state index contributed by atoms with van der Waals surface area (Å²) in [6, 6.07) is 8.08. The predicted molar refractivity (Wildman–Crippen MR) is 151 cm³/mol. The average molecular weight is 511 g/mol. The minimum absolute atomic E-state index is 0.394. The van der Waals surface area contributed by atoms with Crippen molar-refractivity contribution >= 4 is 12.2 Å². The molecule has 0 heterocycles. The topological polar surface area (TPSA) is 76.7 Å². The smallest absolute Gasteiger partial charge is 0.410 e. The molecule has 204 valence electrons. The normalized spacial score (nSPS) is 12.5. The molecule has 2 amide bonds. The number of aryl methyl sites for hydroxylation is 6. The Kier molecular flexibility index (Phi) is 12.0. The molecule has 0 aliphatic rings. The lowest BCUT2D eigenvalue weighted by molar-refractivity contribution is 0.198. The maximum Gasteiger partial charge on any atom is 0.412 e.